The number of imidazole rings is 1. The average Bonchev–Trinajstić information content (AvgIpc) is 2.88. The zero-order valence-corrected chi connectivity index (χ0v) is 10.3. The summed E-state index contributed by atoms with van der Waals surface area (Å²) >= 11 is 0. The topological polar surface area (TPSA) is 55.6 Å². The van der Waals surface area contributed by atoms with Crippen molar-refractivity contribution in [2.75, 3.05) is 5.32 Å². The first-order chi connectivity index (χ1) is 8.18. The molecule has 5 heteroatoms. The molecule has 2 aromatic heterocycles. The number of nitrogens with one attached hydrogen (secondary N) is 1. The Morgan fingerprint density at radius 2 is 2.00 bits per heavy atom. The maximum atomic E-state index is 4.37. The number of hydrogen-bond acceptors (Lipinski definition) is 4. The normalized spacial score (nSPS) is 18.7. The largest absolute Gasteiger partial charge is 0.363 e. The maximum absolute atomic E-state index is 4.37. The number of aryl methyl sites for hydroxylation is 1. The van der Waals surface area contributed by atoms with Gasteiger partial charge in [-0.05, 0) is 19.8 Å². The molecule has 0 saturated heterocycles. The molecule has 17 heavy (non-hydrogen) atoms. The molecule has 2 aromatic rings. The van der Waals surface area contributed by atoms with Crippen molar-refractivity contribution in [3.63, 3.8) is 0 Å². The van der Waals surface area contributed by atoms with Gasteiger partial charge in [0.1, 0.15) is 11.8 Å². The molecule has 1 fully saturated rings. The summed E-state index contributed by atoms with van der Waals surface area (Å²) in [5.74, 6) is 0.861. The van der Waals surface area contributed by atoms with E-state index in [-0.39, 0.29) is 5.54 Å². The van der Waals surface area contributed by atoms with Gasteiger partial charge in [0.05, 0.1) is 6.33 Å². The average molecular weight is 231 g/mol. The van der Waals surface area contributed by atoms with E-state index in [9.17, 15) is 0 Å². The van der Waals surface area contributed by atoms with Gasteiger partial charge in [0.25, 0.3) is 0 Å². The highest BCUT2D eigenvalue weighted by Crippen LogP contribution is 2.33. The lowest BCUT2D eigenvalue weighted by atomic mass is 10.0. The summed E-state index contributed by atoms with van der Waals surface area (Å²) in [6.45, 7) is 2.26. The highest BCUT2D eigenvalue weighted by molar-refractivity contribution is 5.82. The van der Waals surface area contributed by atoms with Gasteiger partial charge in [-0.3, -0.25) is 0 Å². The third-order valence-corrected chi connectivity index (χ3v) is 3.62. The number of rotatable bonds is 2. The van der Waals surface area contributed by atoms with Crippen LogP contribution in [-0.4, -0.2) is 25.1 Å². The second kappa shape index (κ2) is 3.68. The van der Waals surface area contributed by atoms with Crippen LogP contribution < -0.4 is 5.32 Å². The zero-order chi connectivity index (χ0) is 11.9. The van der Waals surface area contributed by atoms with E-state index >= 15 is 0 Å². The zero-order valence-electron chi connectivity index (χ0n) is 10.3. The number of hydrogen-bond donors (Lipinski definition) is 1. The van der Waals surface area contributed by atoms with Gasteiger partial charge in [0.15, 0.2) is 11.5 Å². The fourth-order valence-electron chi connectivity index (χ4n) is 2.60. The minimum absolute atomic E-state index is 0.165. The molecule has 1 aliphatic carbocycles. The molecule has 0 radical (unpaired) electrons. The molecule has 90 valence electrons. The van der Waals surface area contributed by atoms with Crippen LogP contribution in [0.25, 0.3) is 11.2 Å². The molecular formula is C12H17N5. The minimum Gasteiger partial charge on any atom is -0.363 e. The van der Waals surface area contributed by atoms with E-state index < -0.39 is 0 Å². The van der Waals surface area contributed by atoms with E-state index in [4.69, 9.17) is 0 Å². The summed E-state index contributed by atoms with van der Waals surface area (Å²) in [5.41, 5.74) is 1.91. The molecule has 0 aromatic carbocycles. The third-order valence-electron chi connectivity index (χ3n) is 3.62. The summed E-state index contributed by atoms with van der Waals surface area (Å²) in [4.78, 5) is 12.9. The molecule has 0 bridgehead atoms. The maximum Gasteiger partial charge on any atom is 0.165 e. The molecule has 0 spiro atoms. The van der Waals surface area contributed by atoms with Crippen LogP contribution >= 0.6 is 0 Å². The predicted molar refractivity (Wildman–Crippen MR) is 66.8 cm³/mol. The Morgan fingerprint density at radius 3 is 2.76 bits per heavy atom. The summed E-state index contributed by atoms with van der Waals surface area (Å²) < 4.78 is 1.92. The Kier molecular flexibility index (Phi) is 2.28. The number of anilines is 1. The SMILES string of the molecule is Cn1cnc2c(NC3(C)CCCC3)ncnc21. The van der Waals surface area contributed by atoms with Gasteiger partial charge in [0, 0.05) is 12.6 Å². The first kappa shape index (κ1) is 10.5. The molecule has 5 nitrogen and oxygen atoms in total. The fourth-order valence-corrected chi connectivity index (χ4v) is 2.60. The van der Waals surface area contributed by atoms with E-state index in [0.717, 1.165) is 17.0 Å². The van der Waals surface area contributed by atoms with Gasteiger partial charge in [-0.25, -0.2) is 15.0 Å². The van der Waals surface area contributed by atoms with Crippen LogP contribution in [0.1, 0.15) is 32.6 Å². The van der Waals surface area contributed by atoms with Crippen molar-refractivity contribution in [2.45, 2.75) is 38.1 Å². The van der Waals surface area contributed by atoms with Crippen LogP contribution in [0, 0.1) is 0 Å². The molecule has 1 aliphatic rings. The third kappa shape index (κ3) is 1.75. The van der Waals surface area contributed by atoms with E-state index in [0.29, 0.717) is 0 Å². The molecule has 0 amide bonds. The van der Waals surface area contributed by atoms with Crippen molar-refractivity contribution in [3.8, 4) is 0 Å². The van der Waals surface area contributed by atoms with Crippen molar-refractivity contribution in [1.29, 1.82) is 0 Å². The fraction of sp³-hybridized carbons (Fsp3) is 0.583. The van der Waals surface area contributed by atoms with Gasteiger partial charge in [-0.1, -0.05) is 12.8 Å². The summed E-state index contributed by atoms with van der Waals surface area (Å²) in [7, 11) is 1.95. The van der Waals surface area contributed by atoms with Crippen molar-refractivity contribution >= 4 is 17.0 Å². The van der Waals surface area contributed by atoms with E-state index in [1.54, 1.807) is 12.7 Å². The quantitative estimate of drug-likeness (QED) is 0.860. The van der Waals surface area contributed by atoms with Crippen LogP contribution in [0.4, 0.5) is 5.82 Å². The summed E-state index contributed by atoms with van der Waals surface area (Å²) in [6.07, 6.45) is 8.36. The Hall–Kier alpha value is -1.65. The predicted octanol–water partition coefficient (Wildman–Crippen LogP) is 2.11. The van der Waals surface area contributed by atoms with Crippen molar-refractivity contribution in [3.05, 3.63) is 12.7 Å². The number of aromatic nitrogens is 4. The molecule has 3 rings (SSSR count). The molecule has 1 saturated carbocycles. The Bertz CT molecular complexity index is 539. The Labute approximate surface area is 100 Å². The molecule has 2 heterocycles. The van der Waals surface area contributed by atoms with Crippen LogP contribution in [0.3, 0.4) is 0 Å². The highest BCUT2D eigenvalue weighted by Gasteiger charge is 2.29. The van der Waals surface area contributed by atoms with Gasteiger partial charge in [-0.2, -0.15) is 0 Å². The highest BCUT2D eigenvalue weighted by atomic mass is 15.1. The molecular weight excluding hydrogens is 214 g/mol. The molecule has 0 aliphatic heterocycles. The standard InChI is InChI=1S/C12H17N5/c1-12(5-3-4-6-12)16-10-9-11(14-7-13-10)17(2)8-15-9/h7-8H,3-6H2,1-2H3,(H,13,14,16). The lowest BCUT2D eigenvalue weighted by molar-refractivity contribution is 0.531. The number of fused-ring (bicyclic) bond motifs is 1. The van der Waals surface area contributed by atoms with E-state index in [1.807, 2.05) is 11.6 Å². The second-order valence-electron chi connectivity index (χ2n) is 5.14. The van der Waals surface area contributed by atoms with Crippen molar-refractivity contribution < 1.29 is 0 Å². The molecule has 0 unspecified atom stereocenters. The van der Waals surface area contributed by atoms with Gasteiger partial charge in [0.2, 0.25) is 0 Å². The Morgan fingerprint density at radius 1 is 1.24 bits per heavy atom. The second-order valence-corrected chi connectivity index (χ2v) is 5.14. The van der Waals surface area contributed by atoms with Crippen molar-refractivity contribution in [1.82, 2.24) is 19.5 Å². The van der Waals surface area contributed by atoms with Crippen molar-refractivity contribution in [2.24, 2.45) is 7.05 Å². The molecule has 1 N–H and O–H groups in total. The van der Waals surface area contributed by atoms with Gasteiger partial charge in [-0.15, -0.1) is 0 Å². The smallest absolute Gasteiger partial charge is 0.165 e. The van der Waals surface area contributed by atoms with Gasteiger partial charge >= 0.3 is 0 Å². The van der Waals surface area contributed by atoms with Gasteiger partial charge < -0.3 is 9.88 Å². The minimum atomic E-state index is 0.165. The first-order valence-corrected chi connectivity index (χ1v) is 6.08. The van der Waals surface area contributed by atoms with E-state index in [2.05, 4.69) is 27.2 Å². The number of nitrogens with zero attached hydrogens (tertiary/aromatic N) is 4. The monoisotopic (exact) mass is 231 g/mol. The molecule has 0 atom stereocenters. The Balaban J connectivity index is 2.00. The lowest BCUT2D eigenvalue weighted by Crippen LogP contribution is -2.31. The lowest BCUT2D eigenvalue weighted by Gasteiger charge is -2.25. The summed E-state index contributed by atoms with van der Waals surface area (Å²) in [6, 6.07) is 0. The van der Waals surface area contributed by atoms with Crippen LogP contribution in [-0.2, 0) is 7.05 Å². The van der Waals surface area contributed by atoms with Crippen LogP contribution in [0.2, 0.25) is 0 Å². The first-order valence-electron chi connectivity index (χ1n) is 6.08. The van der Waals surface area contributed by atoms with Crippen LogP contribution in [0.5, 0.6) is 0 Å². The van der Waals surface area contributed by atoms with E-state index in [1.165, 1.54) is 25.7 Å². The summed E-state index contributed by atoms with van der Waals surface area (Å²) in [5, 5.41) is 3.55. The van der Waals surface area contributed by atoms with Crippen LogP contribution in [0.15, 0.2) is 12.7 Å².